The maximum atomic E-state index is 13.5. The molecule has 1 fully saturated rings. The number of carbonyl (C=O) groups is 2. The number of benzene rings is 2. The van der Waals surface area contributed by atoms with Crippen LogP contribution >= 0.6 is 0 Å². The summed E-state index contributed by atoms with van der Waals surface area (Å²) in [7, 11) is 7.50. The van der Waals surface area contributed by atoms with Crippen LogP contribution in [0.5, 0.6) is 11.5 Å². The Kier molecular flexibility index (Phi) is 8.69. The number of carbonyl (C=O) groups excluding carboxylic acids is 2. The van der Waals surface area contributed by atoms with Gasteiger partial charge in [-0.15, -0.1) is 0 Å². The van der Waals surface area contributed by atoms with Crippen molar-refractivity contribution in [3.8, 4) is 11.5 Å². The number of anilines is 2. The van der Waals surface area contributed by atoms with Gasteiger partial charge >= 0.3 is 0 Å². The number of morpholine rings is 1. The third-order valence-electron chi connectivity index (χ3n) is 7.35. The van der Waals surface area contributed by atoms with Gasteiger partial charge in [-0.3, -0.25) is 14.6 Å². The van der Waals surface area contributed by atoms with E-state index in [-0.39, 0.29) is 29.7 Å². The third-order valence-corrected chi connectivity index (χ3v) is 7.35. The van der Waals surface area contributed by atoms with Crippen LogP contribution in [0.25, 0.3) is 11.0 Å². The van der Waals surface area contributed by atoms with E-state index >= 15 is 0 Å². The second kappa shape index (κ2) is 12.6. The molecule has 0 saturated carbocycles. The second-order valence-corrected chi connectivity index (χ2v) is 10.6. The van der Waals surface area contributed by atoms with Gasteiger partial charge in [0.2, 0.25) is 5.95 Å². The fourth-order valence-electron chi connectivity index (χ4n) is 5.09. The lowest BCUT2D eigenvalue weighted by atomic mass is 10.1. The highest BCUT2D eigenvalue weighted by atomic mass is 16.5. The van der Waals surface area contributed by atoms with Gasteiger partial charge in [-0.1, -0.05) is 13.0 Å². The predicted molar refractivity (Wildman–Crippen MR) is 162 cm³/mol. The molecule has 2 aromatic carbocycles. The van der Waals surface area contributed by atoms with E-state index in [4.69, 9.17) is 14.5 Å². The number of pyridine rings is 1. The van der Waals surface area contributed by atoms with E-state index in [0.29, 0.717) is 41.7 Å². The lowest BCUT2D eigenvalue weighted by molar-refractivity contribution is -0.0597. The van der Waals surface area contributed by atoms with Crippen molar-refractivity contribution in [3.63, 3.8) is 0 Å². The normalized spacial score (nSPS) is 17.0. The van der Waals surface area contributed by atoms with Crippen LogP contribution < -0.4 is 15.4 Å². The first-order chi connectivity index (χ1) is 20.3. The molecular formula is C31H37N7O4. The van der Waals surface area contributed by atoms with Crippen molar-refractivity contribution >= 4 is 34.5 Å². The number of nitrogens with one attached hydrogen (secondary N) is 2. The minimum Gasteiger partial charge on any atom is -0.455 e. The molecule has 220 valence electrons. The third kappa shape index (κ3) is 6.22. The molecule has 2 N–H and O–H groups in total. The average molecular weight is 572 g/mol. The predicted octanol–water partition coefficient (Wildman–Crippen LogP) is 4.05. The van der Waals surface area contributed by atoms with Crippen molar-refractivity contribution in [1.82, 2.24) is 29.7 Å². The van der Waals surface area contributed by atoms with Crippen molar-refractivity contribution < 1.29 is 19.1 Å². The maximum absolute atomic E-state index is 13.5. The van der Waals surface area contributed by atoms with E-state index in [2.05, 4.69) is 27.4 Å². The van der Waals surface area contributed by atoms with Crippen molar-refractivity contribution in [3.05, 3.63) is 72.1 Å². The minimum atomic E-state index is -0.292. The Morgan fingerprint density at radius 2 is 1.93 bits per heavy atom. The molecule has 2 aromatic heterocycles. The lowest BCUT2D eigenvalue weighted by Crippen LogP contribution is -2.54. The van der Waals surface area contributed by atoms with Crippen LogP contribution in [0.4, 0.5) is 11.6 Å². The summed E-state index contributed by atoms with van der Waals surface area (Å²) in [6, 6.07) is 16.5. The average Bonchev–Trinajstić information content (AvgIpc) is 3.32. The largest absolute Gasteiger partial charge is 0.455 e. The van der Waals surface area contributed by atoms with Gasteiger partial charge in [-0.25, -0.2) is 4.98 Å². The number of aryl methyl sites for hydroxylation is 1. The Morgan fingerprint density at radius 3 is 2.64 bits per heavy atom. The smallest absolute Gasteiger partial charge is 0.269 e. The molecule has 0 unspecified atom stereocenters. The van der Waals surface area contributed by atoms with E-state index < -0.39 is 0 Å². The summed E-state index contributed by atoms with van der Waals surface area (Å²) < 4.78 is 14.1. The van der Waals surface area contributed by atoms with Crippen LogP contribution in [0, 0.1) is 0 Å². The van der Waals surface area contributed by atoms with Crippen LogP contribution in [0.2, 0.25) is 0 Å². The van der Waals surface area contributed by atoms with Crippen LogP contribution in [0.15, 0.2) is 60.8 Å². The molecule has 0 aliphatic carbocycles. The number of hydrogen-bond acceptors (Lipinski definition) is 8. The Labute approximate surface area is 245 Å². The Hall–Kier alpha value is -4.48. The monoisotopic (exact) mass is 571 g/mol. The fraction of sp³-hybridized carbons (Fsp3) is 0.355. The number of amides is 2. The lowest BCUT2D eigenvalue weighted by Gasteiger charge is -2.40. The van der Waals surface area contributed by atoms with E-state index in [1.165, 1.54) is 6.20 Å². The van der Waals surface area contributed by atoms with Gasteiger partial charge < -0.3 is 34.5 Å². The minimum absolute atomic E-state index is 0.00411. The van der Waals surface area contributed by atoms with E-state index in [0.717, 1.165) is 24.2 Å². The topological polar surface area (TPSA) is 114 Å². The Bertz CT molecular complexity index is 1570. The quantitative estimate of drug-likeness (QED) is 0.310. The van der Waals surface area contributed by atoms with Gasteiger partial charge in [0.1, 0.15) is 17.0 Å². The summed E-state index contributed by atoms with van der Waals surface area (Å²) in [5, 5.41) is 5.93. The first-order valence-electron chi connectivity index (χ1n) is 14.0. The standard InChI is InChI=1S/C31H37N7O4/c1-6-22-19-41-24(17-36(3)4)18-38(22)30(40)20-10-12-21(13-11-20)34-31-35-28-26(37(31)5)8-7-9-27(28)42-23-14-15-33-25(16-23)29(39)32-2/h7-16,22,24H,6,17-19H2,1-5H3,(H,32,39)(H,34,35)/t22-,24+/m0/s1. The van der Waals surface area contributed by atoms with Gasteiger partial charge in [0.15, 0.2) is 5.75 Å². The number of imidazole rings is 1. The Morgan fingerprint density at radius 1 is 1.14 bits per heavy atom. The highest BCUT2D eigenvalue weighted by Gasteiger charge is 2.32. The van der Waals surface area contributed by atoms with Gasteiger partial charge in [0.25, 0.3) is 11.8 Å². The van der Waals surface area contributed by atoms with Crippen molar-refractivity contribution in [2.24, 2.45) is 7.05 Å². The number of likely N-dealkylation sites (N-methyl/N-ethyl adjacent to an activating group) is 1. The fourth-order valence-corrected chi connectivity index (χ4v) is 5.09. The highest BCUT2D eigenvalue weighted by molar-refractivity contribution is 5.95. The molecule has 4 aromatic rings. The van der Waals surface area contributed by atoms with Crippen LogP contribution in [-0.2, 0) is 11.8 Å². The first-order valence-corrected chi connectivity index (χ1v) is 14.0. The summed E-state index contributed by atoms with van der Waals surface area (Å²) in [4.78, 5) is 38.4. The highest BCUT2D eigenvalue weighted by Crippen LogP contribution is 2.32. The van der Waals surface area contributed by atoms with Crippen molar-refractivity contribution in [2.45, 2.75) is 25.5 Å². The number of hydrogen-bond donors (Lipinski definition) is 2. The van der Waals surface area contributed by atoms with E-state index in [1.807, 2.05) is 73.1 Å². The van der Waals surface area contributed by atoms with Crippen LogP contribution in [0.1, 0.15) is 34.2 Å². The Balaban J connectivity index is 1.32. The molecule has 1 saturated heterocycles. The van der Waals surface area contributed by atoms with Crippen LogP contribution in [0.3, 0.4) is 0 Å². The zero-order valence-electron chi connectivity index (χ0n) is 24.6. The molecule has 0 bridgehead atoms. The summed E-state index contributed by atoms with van der Waals surface area (Å²) in [6.07, 6.45) is 2.37. The molecule has 0 spiro atoms. The summed E-state index contributed by atoms with van der Waals surface area (Å²) in [5.41, 5.74) is 3.24. The molecule has 1 aliphatic heterocycles. The number of nitrogens with zero attached hydrogens (tertiary/aromatic N) is 5. The molecule has 11 nitrogen and oxygen atoms in total. The first kappa shape index (κ1) is 29.0. The molecule has 3 heterocycles. The van der Waals surface area contributed by atoms with Crippen molar-refractivity contribution in [2.75, 3.05) is 46.2 Å². The molecule has 42 heavy (non-hydrogen) atoms. The van der Waals surface area contributed by atoms with E-state index in [1.54, 1.807) is 19.2 Å². The number of ether oxygens (including phenoxy) is 2. The summed E-state index contributed by atoms with van der Waals surface area (Å²) in [5.74, 6) is 1.37. The summed E-state index contributed by atoms with van der Waals surface area (Å²) >= 11 is 0. The molecule has 2 atom stereocenters. The van der Waals surface area contributed by atoms with E-state index in [9.17, 15) is 9.59 Å². The van der Waals surface area contributed by atoms with Crippen molar-refractivity contribution in [1.29, 1.82) is 0 Å². The zero-order valence-corrected chi connectivity index (χ0v) is 24.6. The van der Waals surface area contributed by atoms with Gasteiger partial charge in [0.05, 0.1) is 24.3 Å². The van der Waals surface area contributed by atoms with Gasteiger partial charge in [-0.05, 0) is 63.0 Å². The second-order valence-electron chi connectivity index (χ2n) is 10.6. The number of para-hydroxylation sites is 1. The molecular weight excluding hydrogens is 534 g/mol. The van der Waals surface area contributed by atoms with Gasteiger partial charge in [-0.2, -0.15) is 0 Å². The van der Waals surface area contributed by atoms with Gasteiger partial charge in [0, 0.05) is 50.7 Å². The molecule has 0 radical (unpaired) electrons. The number of rotatable bonds is 9. The summed E-state index contributed by atoms with van der Waals surface area (Å²) in [6.45, 7) is 3.98. The number of fused-ring (bicyclic) bond motifs is 1. The van der Waals surface area contributed by atoms with Crippen LogP contribution in [-0.4, -0.2) is 89.1 Å². The number of aromatic nitrogens is 3. The SMILES string of the molecule is CC[C@H]1CO[C@H](CN(C)C)CN1C(=O)c1ccc(Nc2nc3c(Oc4ccnc(C(=O)NC)c4)cccc3n2C)cc1. The maximum Gasteiger partial charge on any atom is 0.269 e. The molecule has 2 amide bonds. The molecule has 5 rings (SSSR count). The molecule has 1 aliphatic rings. The zero-order chi connectivity index (χ0) is 29.8. The molecule has 11 heteroatoms.